The van der Waals surface area contributed by atoms with Crippen molar-refractivity contribution in [2.45, 2.75) is 50.9 Å². The quantitative estimate of drug-likeness (QED) is 0.741. The van der Waals surface area contributed by atoms with Crippen LogP contribution < -0.4 is 5.32 Å². The molecule has 2 aliphatic rings. The average Bonchev–Trinajstić information content (AvgIpc) is 2.78. The zero-order chi connectivity index (χ0) is 11.0. The van der Waals surface area contributed by atoms with Crippen LogP contribution in [-0.2, 0) is 4.79 Å². The summed E-state index contributed by atoms with van der Waals surface area (Å²) in [5.74, 6) is 2.47. The van der Waals surface area contributed by atoms with Crippen LogP contribution >= 0.6 is 11.6 Å². The summed E-state index contributed by atoms with van der Waals surface area (Å²) in [6.07, 6.45) is 5.48. The van der Waals surface area contributed by atoms with E-state index >= 15 is 0 Å². The molecule has 3 heteroatoms. The van der Waals surface area contributed by atoms with Crippen molar-refractivity contribution in [1.82, 2.24) is 5.32 Å². The predicted molar refractivity (Wildman–Crippen MR) is 61.9 cm³/mol. The molecule has 0 aromatic rings. The van der Waals surface area contributed by atoms with Crippen LogP contribution in [0.1, 0.15) is 39.5 Å². The van der Waals surface area contributed by atoms with Gasteiger partial charge in [-0.25, -0.2) is 0 Å². The maximum Gasteiger partial charge on any atom is 0.237 e. The molecule has 2 fully saturated rings. The number of hydrogen-bond donors (Lipinski definition) is 1. The van der Waals surface area contributed by atoms with Crippen molar-refractivity contribution in [2.75, 3.05) is 0 Å². The van der Waals surface area contributed by atoms with Gasteiger partial charge in [0.15, 0.2) is 0 Å². The molecule has 0 unspecified atom stereocenters. The number of fused-ring (bicyclic) bond motifs is 2. The van der Waals surface area contributed by atoms with Gasteiger partial charge in [-0.2, -0.15) is 0 Å². The third-order valence-electron chi connectivity index (χ3n) is 4.17. The topological polar surface area (TPSA) is 29.1 Å². The maximum absolute atomic E-state index is 11.5. The van der Waals surface area contributed by atoms with Gasteiger partial charge in [-0.05, 0) is 50.9 Å². The lowest BCUT2D eigenvalue weighted by atomic mass is 9.84. The number of rotatable bonds is 3. The van der Waals surface area contributed by atoms with E-state index in [0.29, 0.717) is 12.0 Å². The van der Waals surface area contributed by atoms with E-state index in [-0.39, 0.29) is 5.91 Å². The fraction of sp³-hybridized carbons (Fsp3) is 0.917. The molecule has 2 saturated carbocycles. The lowest BCUT2D eigenvalue weighted by Gasteiger charge is -2.28. The van der Waals surface area contributed by atoms with E-state index in [9.17, 15) is 4.79 Å². The Morgan fingerprint density at radius 2 is 2.07 bits per heavy atom. The number of carbonyl (C=O) groups excluding carboxylic acids is 1. The molecule has 1 N–H and O–H groups in total. The monoisotopic (exact) mass is 229 g/mol. The second-order valence-electron chi connectivity index (χ2n) is 5.25. The lowest BCUT2D eigenvalue weighted by molar-refractivity contribution is -0.121. The SMILES string of the molecule is C[C@H](Cl)C(=O)N[C@@H](C)[C@@H]1C[C@@H]2CC[C@@H]1C2. The van der Waals surface area contributed by atoms with Gasteiger partial charge in [-0.15, -0.1) is 11.6 Å². The van der Waals surface area contributed by atoms with Gasteiger partial charge in [-0.1, -0.05) is 6.42 Å². The van der Waals surface area contributed by atoms with E-state index in [1.807, 2.05) is 0 Å². The zero-order valence-corrected chi connectivity index (χ0v) is 10.3. The van der Waals surface area contributed by atoms with Gasteiger partial charge in [0.1, 0.15) is 5.38 Å². The summed E-state index contributed by atoms with van der Waals surface area (Å²) in [5.41, 5.74) is 0. The largest absolute Gasteiger partial charge is 0.352 e. The first-order valence-corrected chi connectivity index (χ1v) is 6.46. The first-order valence-electron chi connectivity index (χ1n) is 6.02. The van der Waals surface area contributed by atoms with Crippen LogP contribution in [0.5, 0.6) is 0 Å². The van der Waals surface area contributed by atoms with E-state index in [4.69, 9.17) is 11.6 Å². The van der Waals surface area contributed by atoms with Gasteiger partial charge in [-0.3, -0.25) is 4.79 Å². The summed E-state index contributed by atoms with van der Waals surface area (Å²) in [4.78, 5) is 11.5. The number of amides is 1. The molecular formula is C12H20ClNO. The molecule has 5 atom stereocenters. The van der Waals surface area contributed by atoms with Gasteiger partial charge < -0.3 is 5.32 Å². The minimum absolute atomic E-state index is 0.0214. The van der Waals surface area contributed by atoms with E-state index in [1.54, 1.807) is 6.92 Å². The molecule has 0 aliphatic heterocycles. The van der Waals surface area contributed by atoms with E-state index in [2.05, 4.69) is 12.2 Å². The van der Waals surface area contributed by atoms with E-state index in [1.165, 1.54) is 25.7 Å². The second-order valence-corrected chi connectivity index (χ2v) is 5.91. The van der Waals surface area contributed by atoms with Crippen LogP contribution in [0.4, 0.5) is 0 Å². The van der Waals surface area contributed by atoms with Crippen LogP contribution in [0.25, 0.3) is 0 Å². The molecule has 0 saturated heterocycles. The highest BCUT2D eigenvalue weighted by Gasteiger charge is 2.42. The molecule has 86 valence electrons. The molecule has 15 heavy (non-hydrogen) atoms. The van der Waals surface area contributed by atoms with Gasteiger partial charge in [0.25, 0.3) is 0 Å². The predicted octanol–water partition coefficient (Wildman–Crippen LogP) is 2.55. The first-order chi connectivity index (χ1) is 7.08. The highest BCUT2D eigenvalue weighted by molar-refractivity contribution is 6.30. The summed E-state index contributed by atoms with van der Waals surface area (Å²) < 4.78 is 0. The van der Waals surface area contributed by atoms with Gasteiger partial charge in [0.2, 0.25) is 5.91 Å². The molecular weight excluding hydrogens is 210 g/mol. The van der Waals surface area contributed by atoms with Crippen molar-refractivity contribution in [1.29, 1.82) is 0 Å². The summed E-state index contributed by atoms with van der Waals surface area (Å²) in [5, 5.41) is 2.62. The first kappa shape index (κ1) is 11.3. The average molecular weight is 230 g/mol. The Bertz CT molecular complexity index is 254. The summed E-state index contributed by atoms with van der Waals surface area (Å²) >= 11 is 5.75. The van der Waals surface area contributed by atoms with Crippen LogP contribution in [0.2, 0.25) is 0 Å². The minimum Gasteiger partial charge on any atom is -0.352 e. The molecule has 0 aromatic carbocycles. The molecule has 0 heterocycles. The number of alkyl halides is 1. The third-order valence-corrected chi connectivity index (χ3v) is 4.36. The summed E-state index contributed by atoms with van der Waals surface area (Å²) in [6, 6.07) is 0.300. The smallest absolute Gasteiger partial charge is 0.237 e. The Hall–Kier alpha value is -0.240. The van der Waals surface area contributed by atoms with Gasteiger partial charge >= 0.3 is 0 Å². The molecule has 1 amide bonds. The molecule has 0 aromatic heterocycles. The molecule has 2 nitrogen and oxygen atoms in total. The van der Waals surface area contributed by atoms with E-state index < -0.39 is 5.38 Å². The fourth-order valence-electron chi connectivity index (χ4n) is 3.35. The molecule has 2 rings (SSSR count). The van der Waals surface area contributed by atoms with Crippen LogP contribution in [0, 0.1) is 17.8 Å². The zero-order valence-electron chi connectivity index (χ0n) is 9.50. The van der Waals surface area contributed by atoms with Gasteiger partial charge in [0.05, 0.1) is 0 Å². The Morgan fingerprint density at radius 1 is 1.33 bits per heavy atom. The maximum atomic E-state index is 11.5. The molecule has 2 bridgehead atoms. The standard InChI is InChI=1S/C12H20ClNO/c1-7(13)12(15)14-8(2)11-6-9-3-4-10(11)5-9/h7-11H,3-6H2,1-2H3,(H,14,15)/t7-,8-,9+,10+,11-/m0/s1. The lowest BCUT2D eigenvalue weighted by Crippen LogP contribution is -2.42. The van der Waals surface area contributed by atoms with Crippen LogP contribution in [0.3, 0.4) is 0 Å². The number of nitrogens with one attached hydrogen (secondary N) is 1. The fourth-order valence-corrected chi connectivity index (χ4v) is 3.42. The number of hydrogen-bond acceptors (Lipinski definition) is 1. The van der Waals surface area contributed by atoms with Crippen LogP contribution in [0.15, 0.2) is 0 Å². The van der Waals surface area contributed by atoms with Crippen LogP contribution in [-0.4, -0.2) is 17.3 Å². The summed E-state index contributed by atoms with van der Waals surface area (Å²) in [7, 11) is 0. The highest BCUT2D eigenvalue weighted by Crippen LogP contribution is 2.49. The normalized spacial score (nSPS) is 37.7. The minimum atomic E-state index is -0.411. The molecule has 0 spiro atoms. The Morgan fingerprint density at radius 3 is 2.53 bits per heavy atom. The summed E-state index contributed by atoms with van der Waals surface area (Å²) in [6.45, 7) is 3.85. The van der Waals surface area contributed by atoms with Crippen molar-refractivity contribution in [2.24, 2.45) is 17.8 Å². The van der Waals surface area contributed by atoms with Gasteiger partial charge in [0, 0.05) is 6.04 Å². The Kier molecular flexibility index (Phi) is 3.24. The second kappa shape index (κ2) is 4.32. The molecule has 0 radical (unpaired) electrons. The van der Waals surface area contributed by atoms with Crippen molar-refractivity contribution in [3.05, 3.63) is 0 Å². The third kappa shape index (κ3) is 2.30. The van der Waals surface area contributed by atoms with Crippen molar-refractivity contribution in [3.8, 4) is 0 Å². The Balaban J connectivity index is 1.86. The van der Waals surface area contributed by atoms with Crippen molar-refractivity contribution < 1.29 is 4.79 Å². The molecule has 2 aliphatic carbocycles. The van der Waals surface area contributed by atoms with Crippen molar-refractivity contribution in [3.63, 3.8) is 0 Å². The number of carbonyl (C=O) groups is 1. The highest BCUT2D eigenvalue weighted by atomic mass is 35.5. The van der Waals surface area contributed by atoms with Crippen molar-refractivity contribution >= 4 is 17.5 Å². The Labute approximate surface area is 96.8 Å². The van der Waals surface area contributed by atoms with E-state index in [0.717, 1.165) is 11.8 Å². The number of halogens is 1.